The zero-order valence-corrected chi connectivity index (χ0v) is 14.9. The van der Waals surface area contributed by atoms with Gasteiger partial charge in [-0.3, -0.25) is 4.79 Å². The van der Waals surface area contributed by atoms with E-state index in [2.05, 4.69) is 10.0 Å². The van der Waals surface area contributed by atoms with E-state index in [-0.39, 0.29) is 16.1 Å². The predicted octanol–water partition coefficient (Wildman–Crippen LogP) is 1.84. The summed E-state index contributed by atoms with van der Waals surface area (Å²) in [5.41, 5.74) is 0.865. The fraction of sp³-hybridized carbons (Fsp3) is 0.176. The lowest BCUT2D eigenvalue weighted by Crippen LogP contribution is -2.22. The highest BCUT2D eigenvalue weighted by Crippen LogP contribution is 2.19. The van der Waals surface area contributed by atoms with Crippen molar-refractivity contribution in [1.29, 1.82) is 0 Å². The Hall–Kier alpha value is -2.78. The van der Waals surface area contributed by atoms with Crippen LogP contribution in [0.2, 0.25) is 0 Å². The van der Waals surface area contributed by atoms with E-state index in [0.29, 0.717) is 5.56 Å². The minimum Gasteiger partial charge on any atom is -0.452 e. The number of esters is 1. The van der Waals surface area contributed by atoms with Gasteiger partial charge in [-0.25, -0.2) is 22.3 Å². The topological polar surface area (TPSA) is 102 Å². The molecule has 0 aliphatic rings. The van der Waals surface area contributed by atoms with E-state index in [9.17, 15) is 22.4 Å². The average Bonchev–Trinajstić information content (AvgIpc) is 2.61. The number of carbonyl (C=O) groups excluding carboxylic acids is 2. The van der Waals surface area contributed by atoms with Crippen LogP contribution in [0.3, 0.4) is 0 Å². The quantitative estimate of drug-likeness (QED) is 0.745. The van der Waals surface area contributed by atoms with Crippen molar-refractivity contribution in [2.75, 3.05) is 19.0 Å². The molecule has 0 fully saturated rings. The van der Waals surface area contributed by atoms with Gasteiger partial charge in [0.25, 0.3) is 5.91 Å². The number of hydrogen-bond acceptors (Lipinski definition) is 5. The molecule has 0 aliphatic heterocycles. The highest BCUT2D eigenvalue weighted by molar-refractivity contribution is 7.89. The van der Waals surface area contributed by atoms with Crippen LogP contribution in [0.4, 0.5) is 10.1 Å². The molecule has 1 amide bonds. The molecule has 0 unspecified atom stereocenters. The molecule has 26 heavy (non-hydrogen) atoms. The third-order valence-corrected chi connectivity index (χ3v) is 5.00. The summed E-state index contributed by atoms with van der Waals surface area (Å²) < 4.78 is 43.7. The Morgan fingerprint density at radius 1 is 1.12 bits per heavy atom. The van der Waals surface area contributed by atoms with Crippen LogP contribution in [0.15, 0.2) is 47.4 Å². The predicted molar refractivity (Wildman–Crippen MR) is 92.7 cm³/mol. The van der Waals surface area contributed by atoms with Crippen LogP contribution in [0.5, 0.6) is 0 Å². The van der Waals surface area contributed by atoms with Crippen molar-refractivity contribution >= 4 is 27.6 Å². The van der Waals surface area contributed by atoms with Gasteiger partial charge < -0.3 is 10.1 Å². The Morgan fingerprint density at radius 2 is 1.77 bits per heavy atom. The number of amides is 1. The Balaban J connectivity index is 2.01. The number of sulfonamides is 1. The average molecular weight is 380 g/mol. The van der Waals surface area contributed by atoms with Gasteiger partial charge in [-0.05, 0) is 55.9 Å². The molecule has 0 heterocycles. The van der Waals surface area contributed by atoms with Gasteiger partial charge >= 0.3 is 5.97 Å². The molecule has 9 heteroatoms. The van der Waals surface area contributed by atoms with Crippen molar-refractivity contribution in [3.8, 4) is 0 Å². The molecule has 2 aromatic carbocycles. The molecule has 0 bridgehead atoms. The normalized spacial score (nSPS) is 11.0. The van der Waals surface area contributed by atoms with Crippen molar-refractivity contribution in [1.82, 2.24) is 4.72 Å². The zero-order valence-electron chi connectivity index (χ0n) is 14.1. The third kappa shape index (κ3) is 4.87. The second-order valence-electron chi connectivity index (χ2n) is 5.32. The van der Waals surface area contributed by atoms with Crippen LogP contribution in [0, 0.1) is 12.7 Å². The Morgan fingerprint density at radius 3 is 2.38 bits per heavy atom. The molecular formula is C17H17FN2O5S. The van der Waals surface area contributed by atoms with Gasteiger partial charge in [-0.15, -0.1) is 0 Å². The van der Waals surface area contributed by atoms with Crippen molar-refractivity contribution in [2.45, 2.75) is 11.8 Å². The maximum atomic E-state index is 12.8. The van der Waals surface area contributed by atoms with Gasteiger partial charge in [0, 0.05) is 5.69 Å². The van der Waals surface area contributed by atoms with E-state index in [1.807, 2.05) is 0 Å². The molecule has 2 rings (SSSR count). The summed E-state index contributed by atoms with van der Waals surface area (Å²) >= 11 is 0. The molecule has 7 nitrogen and oxygen atoms in total. The van der Waals surface area contributed by atoms with Gasteiger partial charge in [-0.2, -0.15) is 0 Å². The lowest BCUT2D eigenvalue weighted by Gasteiger charge is -2.10. The summed E-state index contributed by atoms with van der Waals surface area (Å²) in [6, 6.07) is 9.07. The van der Waals surface area contributed by atoms with Crippen molar-refractivity contribution in [3.05, 3.63) is 59.4 Å². The number of hydrogen-bond donors (Lipinski definition) is 2. The van der Waals surface area contributed by atoms with Crippen LogP contribution < -0.4 is 10.0 Å². The minimum atomic E-state index is -3.67. The first kappa shape index (κ1) is 19.5. The fourth-order valence-electron chi connectivity index (χ4n) is 2.07. The molecule has 0 spiro atoms. The van der Waals surface area contributed by atoms with E-state index >= 15 is 0 Å². The molecule has 0 saturated carbocycles. The molecule has 2 N–H and O–H groups in total. The smallest absolute Gasteiger partial charge is 0.338 e. The lowest BCUT2D eigenvalue weighted by molar-refractivity contribution is -0.119. The molecule has 0 aliphatic carbocycles. The van der Waals surface area contributed by atoms with E-state index < -0.39 is 34.3 Å². The maximum Gasteiger partial charge on any atom is 0.338 e. The van der Waals surface area contributed by atoms with Crippen LogP contribution >= 0.6 is 0 Å². The summed E-state index contributed by atoms with van der Waals surface area (Å²) in [5, 5.41) is 2.45. The number of nitrogens with one attached hydrogen (secondary N) is 2. The van der Waals surface area contributed by atoms with Crippen LogP contribution in [-0.4, -0.2) is 33.9 Å². The maximum absolute atomic E-state index is 12.8. The summed E-state index contributed by atoms with van der Waals surface area (Å²) in [6.07, 6.45) is 0. The van der Waals surface area contributed by atoms with Gasteiger partial charge in [0.05, 0.1) is 10.5 Å². The Kier molecular flexibility index (Phi) is 6.06. The number of carbonyl (C=O) groups is 2. The monoisotopic (exact) mass is 380 g/mol. The summed E-state index contributed by atoms with van der Waals surface area (Å²) in [5.74, 6) is -1.91. The first-order valence-electron chi connectivity index (χ1n) is 7.49. The highest BCUT2D eigenvalue weighted by atomic mass is 32.2. The van der Waals surface area contributed by atoms with Gasteiger partial charge in [0.2, 0.25) is 10.0 Å². The van der Waals surface area contributed by atoms with Crippen LogP contribution in [-0.2, 0) is 19.6 Å². The molecule has 0 atom stereocenters. The van der Waals surface area contributed by atoms with Gasteiger partial charge in [0.15, 0.2) is 6.61 Å². The van der Waals surface area contributed by atoms with Crippen molar-refractivity contribution in [2.24, 2.45) is 0 Å². The van der Waals surface area contributed by atoms with Crippen LogP contribution in [0.25, 0.3) is 0 Å². The number of rotatable bonds is 6. The second kappa shape index (κ2) is 8.07. The lowest BCUT2D eigenvalue weighted by atomic mass is 10.2. The Labute approximate surface area is 150 Å². The van der Waals surface area contributed by atoms with Gasteiger partial charge in [0.1, 0.15) is 5.82 Å². The van der Waals surface area contributed by atoms with E-state index in [4.69, 9.17) is 4.74 Å². The number of benzene rings is 2. The van der Waals surface area contributed by atoms with Crippen molar-refractivity contribution in [3.63, 3.8) is 0 Å². The molecule has 0 radical (unpaired) electrons. The zero-order chi connectivity index (χ0) is 19.3. The third-order valence-electron chi connectivity index (χ3n) is 3.44. The van der Waals surface area contributed by atoms with Crippen molar-refractivity contribution < 1.29 is 27.1 Å². The highest BCUT2D eigenvalue weighted by Gasteiger charge is 2.16. The van der Waals surface area contributed by atoms with E-state index in [0.717, 1.165) is 12.1 Å². The van der Waals surface area contributed by atoms with Gasteiger partial charge in [-0.1, -0.05) is 6.07 Å². The standard InChI is InChI=1S/C17H17FN2O5S/c1-11-3-8-14(9-15(11)26(23,24)19-2)20-16(21)10-25-17(22)12-4-6-13(18)7-5-12/h3-9,19H,10H2,1-2H3,(H,20,21). The number of halogens is 1. The summed E-state index contributed by atoms with van der Waals surface area (Å²) in [6.45, 7) is 1.05. The van der Waals surface area contributed by atoms with E-state index in [1.165, 1.54) is 31.3 Å². The number of ether oxygens (including phenoxy) is 1. The second-order valence-corrected chi connectivity index (χ2v) is 7.17. The fourth-order valence-corrected chi connectivity index (χ4v) is 3.07. The largest absolute Gasteiger partial charge is 0.452 e. The van der Waals surface area contributed by atoms with E-state index in [1.54, 1.807) is 13.0 Å². The summed E-state index contributed by atoms with van der Waals surface area (Å²) in [4.78, 5) is 23.7. The molecule has 2 aromatic rings. The molecule has 0 aromatic heterocycles. The SMILES string of the molecule is CNS(=O)(=O)c1cc(NC(=O)COC(=O)c2ccc(F)cc2)ccc1C. The minimum absolute atomic E-state index is 0.0288. The first-order valence-corrected chi connectivity index (χ1v) is 8.98. The Bertz CT molecular complexity index is 927. The molecular weight excluding hydrogens is 363 g/mol. The number of anilines is 1. The molecule has 138 valence electrons. The first-order chi connectivity index (χ1) is 12.2. The summed E-state index contributed by atoms with van der Waals surface area (Å²) in [7, 11) is -2.38. The number of aryl methyl sites for hydroxylation is 1. The molecule has 0 saturated heterocycles. The van der Waals surface area contributed by atoms with Crippen LogP contribution in [0.1, 0.15) is 15.9 Å².